The summed E-state index contributed by atoms with van der Waals surface area (Å²) in [5.41, 5.74) is 0.0844. The summed E-state index contributed by atoms with van der Waals surface area (Å²) < 4.78 is 29.5. The number of aldehydes is 1. The zero-order valence-corrected chi connectivity index (χ0v) is 4.99. The first-order chi connectivity index (χ1) is 6.00. The molecule has 0 radical (unpaired) electrons. The van der Waals surface area contributed by atoms with E-state index < -0.39 is 0 Å². The van der Waals surface area contributed by atoms with Gasteiger partial charge in [0.15, 0.2) is 0 Å². The average Bonchev–Trinajstić information content (AvgIpc) is 2.13. The van der Waals surface area contributed by atoms with Crippen molar-refractivity contribution < 1.29 is 10.3 Å². The fourth-order valence-electron chi connectivity index (χ4n) is 0.444. The zero-order valence-electron chi connectivity index (χ0n) is 8.99. The lowest BCUT2D eigenvalue weighted by molar-refractivity contribution is 0.112. The molecule has 0 aliphatic heterocycles. The standard InChI is InChI=1S/C8H8O/c1-7-2-4-8(6-9)5-3-7/h2-6H,1H3/i2D,3D,4D,5D. The Morgan fingerprint density at radius 2 is 2.00 bits per heavy atom. The molecule has 0 saturated heterocycles. The SMILES string of the molecule is [2H]c1c([2H])c(C=O)c([2H])c([2H])c1C. The van der Waals surface area contributed by atoms with Crippen molar-refractivity contribution in [3.05, 3.63) is 35.3 Å². The minimum absolute atomic E-state index is 0.150. The van der Waals surface area contributed by atoms with Crippen LogP contribution < -0.4 is 0 Å². The maximum atomic E-state index is 10.5. The normalized spacial score (nSPS) is 15.2. The Bertz CT molecular complexity index is 344. The first-order valence-corrected chi connectivity index (χ1v) is 2.52. The van der Waals surface area contributed by atoms with Crippen molar-refractivity contribution in [2.45, 2.75) is 6.92 Å². The minimum Gasteiger partial charge on any atom is -0.298 e. The van der Waals surface area contributed by atoms with Gasteiger partial charge in [-0.15, -0.1) is 0 Å². The molecule has 0 saturated carbocycles. The second kappa shape index (κ2) is 2.44. The molecular formula is C8H8O. The van der Waals surface area contributed by atoms with E-state index >= 15 is 0 Å². The number of hydrogen-bond acceptors (Lipinski definition) is 1. The van der Waals surface area contributed by atoms with Crippen LogP contribution in [0.4, 0.5) is 0 Å². The van der Waals surface area contributed by atoms with Crippen LogP contribution >= 0.6 is 0 Å². The molecule has 0 heterocycles. The number of rotatable bonds is 1. The van der Waals surface area contributed by atoms with E-state index in [1.54, 1.807) is 0 Å². The fraction of sp³-hybridized carbons (Fsp3) is 0.125. The van der Waals surface area contributed by atoms with E-state index in [0.29, 0.717) is 6.29 Å². The molecule has 0 fully saturated rings. The summed E-state index contributed by atoms with van der Waals surface area (Å²) in [7, 11) is 0. The van der Waals surface area contributed by atoms with Crippen molar-refractivity contribution in [2.75, 3.05) is 0 Å². The van der Waals surface area contributed by atoms with Crippen molar-refractivity contribution in [1.29, 1.82) is 0 Å². The van der Waals surface area contributed by atoms with Crippen LogP contribution in [0.15, 0.2) is 24.2 Å². The van der Waals surface area contributed by atoms with Crippen LogP contribution in [0, 0.1) is 6.92 Å². The fourth-order valence-corrected chi connectivity index (χ4v) is 0.444. The molecule has 0 aliphatic rings. The van der Waals surface area contributed by atoms with E-state index in [0.717, 1.165) is 0 Å². The lowest BCUT2D eigenvalue weighted by Gasteiger charge is -1.89. The van der Waals surface area contributed by atoms with Gasteiger partial charge >= 0.3 is 0 Å². The first kappa shape index (κ1) is 2.65. The lowest BCUT2D eigenvalue weighted by atomic mass is 10.2. The van der Waals surface area contributed by atoms with Crippen LogP contribution in [-0.4, -0.2) is 6.29 Å². The monoisotopic (exact) mass is 124 g/mol. The molecule has 9 heavy (non-hydrogen) atoms. The third-order valence-corrected chi connectivity index (χ3v) is 0.887. The van der Waals surface area contributed by atoms with Gasteiger partial charge in [0.25, 0.3) is 0 Å². The van der Waals surface area contributed by atoms with Crippen LogP contribution in [-0.2, 0) is 0 Å². The van der Waals surface area contributed by atoms with Crippen molar-refractivity contribution in [3.8, 4) is 0 Å². The molecule has 1 aromatic carbocycles. The lowest BCUT2D eigenvalue weighted by Crippen LogP contribution is -1.77. The molecule has 0 amide bonds. The Labute approximate surface area is 59.9 Å². The van der Waals surface area contributed by atoms with Crippen LogP contribution in [0.1, 0.15) is 21.4 Å². The second-order valence-electron chi connectivity index (χ2n) is 1.66. The van der Waals surface area contributed by atoms with E-state index in [1.165, 1.54) is 6.92 Å². The van der Waals surface area contributed by atoms with Crippen LogP contribution in [0.5, 0.6) is 0 Å². The van der Waals surface area contributed by atoms with E-state index in [2.05, 4.69) is 0 Å². The highest BCUT2D eigenvalue weighted by molar-refractivity contribution is 5.74. The van der Waals surface area contributed by atoms with Crippen molar-refractivity contribution in [1.82, 2.24) is 0 Å². The van der Waals surface area contributed by atoms with Crippen LogP contribution in [0.2, 0.25) is 0 Å². The summed E-state index contributed by atoms with van der Waals surface area (Å²) in [6, 6.07) is -0.840. The number of benzene rings is 1. The summed E-state index contributed by atoms with van der Waals surface area (Å²) >= 11 is 0. The molecule has 1 heteroatoms. The van der Waals surface area contributed by atoms with Crippen molar-refractivity contribution in [3.63, 3.8) is 0 Å². The van der Waals surface area contributed by atoms with Crippen molar-refractivity contribution in [2.24, 2.45) is 0 Å². The molecule has 1 aromatic rings. The Morgan fingerprint density at radius 3 is 2.44 bits per heavy atom. The van der Waals surface area contributed by atoms with Crippen LogP contribution in [0.3, 0.4) is 0 Å². The zero-order chi connectivity index (χ0) is 10.2. The molecule has 0 spiro atoms. The molecule has 1 rings (SSSR count). The third kappa shape index (κ3) is 1.39. The van der Waals surface area contributed by atoms with Gasteiger partial charge in [0.05, 0.1) is 5.48 Å². The van der Waals surface area contributed by atoms with E-state index in [9.17, 15) is 4.79 Å². The van der Waals surface area contributed by atoms with Gasteiger partial charge in [0.1, 0.15) is 6.29 Å². The molecule has 0 unspecified atom stereocenters. The average molecular weight is 124 g/mol. The minimum atomic E-state index is -0.270. The molecule has 0 atom stereocenters. The molecule has 1 nitrogen and oxygen atoms in total. The van der Waals surface area contributed by atoms with Gasteiger partial charge < -0.3 is 0 Å². The predicted molar refractivity (Wildman–Crippen MR) is 36.6 cm³/mol. The van der Waals surface area contributed by atoms with Crippen LogP contribution in [0.25, 0.3) is 0 Å². The van der Waals surface area contributed by atoms with Crippen molar-refractivity contribution >= 4 is 6.29 Å². The molecule has 0 bridgehead atoms. The quantitative estimate of drug-likeness (QED) is 0.522. The summed E-state index contributed by atoms with van der Waals surface area (Å²) in [5, 5.41) is 0. The highest BCUT2D eigenvalue weighted by Crippen LogP contribution is 1.98. The van der Waals surface area contributed by atoms with Gasteiger partial charge in [-0.1, -0.05) is 29.7 Å². The largest absolute Gasteiger partial charge is 0.298 e. The van der Waals surface area contributed by atoms with Gasteiger partial charge in [0, 0.05) is 5.56 Å². The van der Waals surface area contributed by atoms with E-state index in [1.807, 2.05) is 0 Å². The number of hydrogen-bond donors (Lipinski definition) is 0. The molecule has 0 aliphatic carbocycles. The Hall–Kier alpha value is -1.11. The van der Waals surface area contributed by atoms with E-state index in [-0.39, 0.29) is 35.3 Å². The summed E-state index contributed by atoms with van der Waals surface area (Å²) in [6.07, 6.45) is 0.347. The maximum absolute atomic E-state index is 10.5. The van der Waals surface area contributed by atoms with Gasteiger partial charge in [0.2, 0.25) is 0 Å². The van der Waals surface area contributed by atoms with Gasteiger partial charge in [-0.25, -0.2) is 0 Å². The highest BCUT2D eigenvalue weighted by Gasteiger charge is 1.85. The van der Waals surface area contributed by atoms with Gasteiger partial charge in [-0.3, -0.25) is 4.79 Å². The topological polar surface area (TPSA) is 17.1 Å². The summed E-state index contributed by atoms with van der Waals surface area (Å²) in [4.78, 5) is 10.5. The smallest absolute Gasteiger partial charge is 0.150 e. The molecule has 0 N–H and O–H groups in total. The number of carbonyl (C=O) groups is 1. The third-order valence-electron chi connectivity index (χ3n) is 0.887. The highest BCUT2D eigenvalue weighted by atomic mass is 16.1. The molecular weight excluding hydrogens is 112 g/mol. The summed E-state index contributed by atoms with van der Waals surface area (Å²) in [5.74, 6) is 0. The first-order valence-electron chi connectivity index (χ1n) is 4.52. The Balaban J connectivity index is 3.66. The Kier molecular flexibility index (Phi) is 0.719. The maximum Gasteiger partial charge on any atom is 0.150 e. The predicted octanol–water partition coefficient (Wildman–Crippen LogP) is 1.81. The molecule has 46 valence electrons. The summed E-state index contributed by atoms with van der Waals surface area (Å²) in [6.45, 7) is 1.50. The number of carbonyl (C=O) groups excluding carboxylic acids is 1. The molecule has 0 aromatic heterocycles. The Morgan fingerprint density at radius 1 is 1.44 bits per heavy atom. The van der Waals surface area contributed by atoms with Gasteiger partial charge in [-0.2, -0.15) is 0 Å². The van der Waals surface area contributed by atoms with E-state index in [4.69, 9.17) is 5.48 Å². The second-order valence-corrected chi connectivity index (χ2v) is 1.66. The van der Waals surface area contributed by atoms with Gasteiger partial charge in [-0.05, 0) is 6.92 Å².